The summed E-state index contributed by atoms with van der Waals surface area (Å²) in [7, 11) is 0. The molecule has 1 aromatic carbocycles. The van der Waals surface area contributed by atoms with Crippen molar-refractivity contribution in [2.75, 3.05) is 6.61 Å². The van der Waals surface area contributed by atoms with E-state index in [0.29, 0.717) is 0 Å². The number of amides is 1. The Hall–Kier alpha value is -2.37. The minimum absolute atomic E-state index is 0.00743. The monoisotopic (exact) mass is 321 g/mol. The van der Waals surface area contributed by atoms with Gasteiger partial charge < -0.3 is 14.8 Å². The van der Waals surface area contributed by atoms with Crippen LogP contribution in [0.15, 0.2) is 30.3 Å². The maximum absolute atomic E-state index is 11.5. The predicted octanol–water partition coefficient (Wildman–Crippen LogP) is 2.14. The zero-order valence-electron chi connectivity index (χ0n) is 13.9. The molecule has 0 radical (unpaired) electrons. The molecular formula is C17H23NO5. The Morgan fingerprint density at radius 3 is 2.17 bits per heavy atom. The topological polar surface area (TPSA) is 81.7 Å². The number of hydrogen-bond donors (Lipinski definition) is 1. The molecule has 0 bridgehead atoms. The third-order valence-corrected chi connectivity index (χ3v) is 3.19. The van der Waals surface area contributed by atoms with Crippen LogP contribution in [0.25, 0.3) is 0 Å². The van der Waals surface area contributed by atoms with E-state index in [4.69, 9.17) is 9.47 Å². The van der Waals surface area contributed by atoms with Gasteiger partial charge >= 0.3 is 11.9 Å². The number of hydrogen-bond acceptors (Lipinski definition) is 5. The first kappa shape index (κ1) is 18.7. The fraction of sp³-hybridized carbons (Fsp3) is 0.471. The van der Waals surface area contributed by atoms with Crippen LogP contribution in [0.4, 0.5) is 0 Å². The summed E-state index contributed by atoms with van der Waals surface area (Å²) in [4.78, 5) is 34.0. The van der Waals surface area contributed by atoms with E-state index in [-0.39, 0.29) is 18.9 Å². The lowest BCUT2D eigenvalue weighted by Gasteiger charge is -2.33. The number of rotatable bonds is 7. The highest BCUT2D eigenvalue weighted by molar-refractivity contribution is 5.74. The second-order valence-corrected chi connectivity index (χ2v) is 5.73. The van der Waals surface area contributed by atoms with Gasteiger partial charge in [-0.05, 0) is 12.5 Å². The first-order valence-corrected chi connectivity index (χ1v) is 7.36. The van der Waals surface area contributed by atoms with Crippen LogP contribution in [0, 0.1) is 0 Å². The van der Waals surface area contributed by atoms with Crippen LogP contribution in [0.2, 0.25) is 0 Å². The molecule has 0 heterocycles. The Balaban J connectivity index is 3.00. The maximum atomic E-state index is 11.5. The largest absolute Gasteiger partial charge is 0.463 e. The zero-order valence-corrected chi connectivity index (χ0v) is 13.9. The van der Waals surface area contributed by atoms with Gasteiger partial charge in [-0.1, -0.05) is 30.3 Å². The number of carbonyl (C=O) groups is 3. The Morgan fingerprint density at radius 2 is 1.70 bits per heavy atom. The minimum Gasteiger partial charge on any atom is -0.463 e. The van der Waals surface area contributed by atoms with Crippen LogP contribution in [0.3, 0.4) is 0 Å². The Morgan fingerprint density at radius 1 is 1.09 bits per heavy atom. The van der Waals surface area contributed by atoms with Crippen molar-refractivity contribution in [1.29, 1.82) is 0 Å². The molecule has 126 valence electrons. The van der Waals surface area contributed by atoms with Crippen molar-refractivity contribution in [3.8, 4) is 0 Å². The molecule has 0 spiro atoms. The molecule has 2 atom stereocenters. The molecule has 0 aromatic heterocycles. The highest BCUT2D eigenvalue weighted by Gasteiger charge is 2.32. The standard InChI is InChI=1S/C17H23NO5/c1-12(19)18-17(4,11-22-13(2)20)10-16(23-14(3)21)15-8-6-5-7-9-15/h5-9,16H,10-11H2,1-4H3,(H,18,19). The van der Waals surface area contributed by atoms with Crippen molar-refractivity contribution < 1.29 is 23.9 Å². The lowest BCUT2D eigenvalue weighted by atomic mass is 9.91. The normalized spacial score (nSPS) is 14.3. The number of ether oxygens (including phenoxy) is 2. The molecule has 6 heteroatoms. The molecule has 1 N–H and O–H groups in total. The first-order chi connectivity index (χ1) is 10.7. The fourth-order valence-electron chi connectivity index (χ4n) is 2.34. The second kappa shape index (κ2) is 8.31. The summed E-state index contributed by atoms with van der Waals surface area (Å²) in [5.74, 6) is -1.11. The van der Waals surface area contributed by atoms with Crippen molar-refractivity contribution in [3.05, 3.63) is 35.9 Å². The average Bonchev–Trinajstić information content (AvgIpc) is 2.44. The number of carbonyl (C=O) groups excluding carboxylic acids is 3. The highest BCUT2D eigenvalue weighted by atomic mass is 16.5. The van der Waals surface area contributed by atoms with E-state index in [9.17, 15) is 14.4 Å². The van der Waals surface area contributed by atoms with Crippen LogP contribution in [0.5, 0.6) is 0 Å². The van der Waals surface area contributed by atoms with E-state index in [0.717, 1.165) is 5.56 Å². The van der Waals surface area contributed by atoms with Gasteiger partial charge in [-0.15, -0.1) is 0 Å². The van der Waals surface area contributed by atoms with Gasteiger partial charge in [0.1, 0.15) is 12.7 Å². The number of benzene rings is 1. The highest BCUT2D eigenvalue weighted by Crippen LogP contribution is 2.28. The maximum Gasteiger partial charge on any atom is 0.303 e. The van der Waals surface area contributed by atoms with E-state index in [1.54, 1.807) is 6.92 Å². The summed E-state index contributed by atoms with van der Waals surface area (Å²) in [5, 5.41) is 2.78. The first-order valence-electron chi connectivity index (χ1n) is 7.36. The average molecular weight is 321 g/mol. The van der Waals surface area contributed by atoms with Crippen molar-refractivity contribution in [1.82, 2.24) is 5.32 Å². The number of nitrogens with one attached hydrogen (secondary N) is 1. The smallest absolute Gasteiger partial charge is 0.303 e. The molecular weight excluding hydrogens is 298 g/mol. The molecule has 0 aliphatic heterocycles. The minimum atomic E-state index is -0.854. The predicted molar refractivity (Wildman–Crippen MR) is 84.4 cm³/mol. The Bertz CT molecular complexity index is 557. The molecule has 0 aliphatic carbocycles. The number of esters is 2. The summed E-state index contributed by atoms with van der Waals surface area (Å²) >= 11 is 0. The zero-order chi connectivity index (χ0) is 17.5. The fourth-order valence-corrected chi connectivity index (χ4v) is 2.34. The molecule has 23 heavy (non-hydrogen) atoms. The van der Waals surface area contributed by atoms with Crippen molar-refractivity contribution in [2.24, 2.45) is 0 Å². The SMILES string of the molecule is CC(=O)NC(C)(COC(C)=O)CC(OC(C)=O)c1ccccc1. The van der Waals surface area contributed by atoms with Crippen LogP contribution in [-0.2, 0) is 23.9 Å². The van der Waals surface area contributed by atoms with Gasteiger partial charge in [0, 0.05) is 27.2 Å². The van der Waals surface area contributed by atoms with E-state index >= 15 is 0 Å². The van der Waals surface area contributed by atoms with Gasteiger partial charge in [0.15, 0.2) is 0 Å². The summed E-state index contributed by atoms with van der Waals surface area (Å²) in [5.41, 5.74) is -0.0462. The van der Waals surface area contributed by atoms with Gasteiger partial charge in [-0.2, -0.15) is 0 Å². The lowest BCUT2D eigenvalue weighted by molar-refractivity contribution is -0.151. The molecule has 0 saturated carbocycles. The summed E-state index contributed by atoms with van der Waals surface area (Å²) < 4.78 is 10.4. The van der Waals surface area contributed by atoms with Crippen LogP contribution in [-0.4, -0.2) is 30.0 Å². The Kier molecular flexibility index (Phi) is 6.75. The second-order valence-electron chi connectivity index (χ2n) is 5.73. The van der Waals surface area contributed by atoms with E-state index < -0.39 is 23.6 Å². The lowest BCUT2D eigenvalue weighted by Crippen LogP contribution is -2.50. The van der Waals surface area contributed by atoms with Crippen molar-refractivity contribution >= 4 is 17.8 Å². The molecule has 0 fully saturated rings. The van der Waals surface area contributed by atoms with Crippen LogP contribution >= 0.6 is 0 Å². The van der Waals surface area contributed by atoms with Crippen molar-refractivity contribution in [3.63, 3.8) is 0 Å². The summed E-state index contributed by atoms with van der Waals surface area (Å²) in [6.07, 6.45) is -0.273. The third-order valence-electron chi connectivity index (χ3n) is 3.19. The molecule has 1 rings (SSSR count). The van der Waals surface area contributed by atoms with E-state index in [1.165, 1.54) is 20.8 Å². The molecule has 1 amide bonds. The quantitative estimate of drug-likeness (QED) is 0.778. The molecule has 0 aliphatic rings. The summed E-state index contributed by atoms with van der Waals surface area (Å²) in [6.45, 7) is 5.76. The third kappa shape index (κ3) is 6.95. The van der Waals surface area contributed by atoms with E-state index in [2.05, 4.69) is 5.32 Å². The molecule has 2 unspecified atom stereocenters. The van der Waals surface area contributed by atoms with Crippen LogP contribution < -0.4 is 5.32 Å². The van der Waals surface area contributed by atoms with Crippen LogP contribution in [0.1, 0.15) is 45.8 Å². The summed E-state index contributed by atoms with van der Waals surface area (Å²) in [6, 6.07) is 9.22. The molecule has 0 saturated heterocycles. The molecule has 6 nitrogen and oxygen atoms in total. The van der Waals surface area contributed by atoms with Gasteiger partial charge in [-0.3, -0.25) is 14.4 Å². The van der Waals surface area contributed by atoms with Gasteiger partial charge in [0.05, 0.1) is 5.54 Å². The Labute approximate surface area is 136 Å². The van der Waals surface area contributed by atoms with Gasteiger partial charge in [0.2, 0.25) is 5.91 Å². The van der Waals surface area contributed by atoms with Crippen molar-refractivity contribution in [2.45, 2.75) is 45.8 Å². The van der Waals surface area contributed by atoms with Gasteiger partial charge in [0.25, 0.3) is 0 Å². The van der Waals surface area contributed by atoms with E-state index in [1.807, 2.05) is 30.3 Å². The molecule has 1 aromatic rings. The van der Waals surface area contributed by atoms with Gasteiger partial charge in [-0.25, -0.2) is 0 Å².